The molecule has 0 aliphatic rings. The zero-order valence-electron chi connectivity index (χ0n) is 10.4. The second-order valence-electron chi connectivity index (χ2n) is 4.25. The van der Waals surface area contributed by atoms with E-state index in [9.17, 15) is 13.2 Å². The fraction of sp³-hybridized carbons (Fsp3) is 0.417. The van der Waals surface area contributed by atoms with Crippen LogP contribution in [-0.4, -0.2) is 35.7 Å². The Labute approximate surface area is 109 Å². The third-order valence-electron chi connectivity index (χ3n) is 2.68. The summed E-state index contributed by atoms with van der Waals surface area (Å²) in [6.07, 6.45) is -4.28. The van der Waals surface area contributed by atoms with Gasteiger partial charge in [-0.2, -0.15) is 13.2 Å². The predicted octanol–water partition coefficient (Wildman–Crippen LogP) is 2.36. The molecule has 0 saturated carbocycles. The average Bonchev–Trinajstić information content (AvgIpc) is 2.34. The molecule has 0 radical (unpaired) electrons. The first-order valence-corrected chi connectivity index (χ1v) is 5.62. The van der Waals surface area contributed by atoms with Gasteiger partial charge in [-0.1, -0.05) is 35.5 Å². The fourth-order valence-electron chi connectivity index (χ4n) is 1.84. The number of hydrogen-bond donors (Lipinski definition) is 2. The summed E-state index contributed by atoms with van der Waals surface area (Å²) in [5, 5.41) is 11.4. The van der Waals surface area contributed by atoms with Gasteiger partial charge in [0.2, 0.25) is 0 Å². The molecule has 1 atom stereocenters. The second kappa shape index (κ2) is 6.42. The van der Waals surface area contributed by atoms with Crippen LogP contribution < -0.4 is 5.73 Å². The zero-order valence-corrected chi connectivity index (χ0v) is 10.4. The molecule has 0 amide bonds. The smallest absolute Gasteiger partial charge is 0.401 e. The summed E-state index contributed by atoms with van der Waals surface area (Å²) in [4.78, 5) is 1.13. The van der Waals surface area contributed by atoms with E-state index in [0.29, 0.717) is 5.56 Å². The molecule has 3 N–H and O–H groups in total. The summed E-state index contributed by atoms with van der Waals surface area (Å²) < 4.78 is 37.3. The van der Waals surface area contributed by atoms with Crippen LogP contribution in [0.5, 0.6) is 0 Å². The number of amidine groups is 1. The predicted molar refractivity (Wildman–Crippen MR) is 65.9 cm³/mol. The van der Waals surface area contributed by atoms with Crippen molar-refractivity contribution < 1.29 is 18.4 Å². The van der Waals surface area contributed by atoms with Crippen molar-refractivity contribution in [2.24, 2.45) is 10.9 Å². The minimum Gasteiger partial charge on any atom is -0.409 e. The van der Waals surface area contributed by atoms with E-state index in [2.05, 4.69) is 5.16 Å². The van der Waals surface area contributed by atoms with Crippen molar-refractivity contribution in [3.63, 3.8) is 0 Å². The van der Waals surface area contributed by atoms with Crippen LogP contribution in [0.3, 0.4) is 0 Å². The molecule has 0 aliphatic heterocycles. The summed E-state index contributed by atoms with van der Waals surface area (Å²) in [7, 11) is 1.36. The Bertz CT molecular complexity index is 420. The molecule has 19 heavy (non-hydrogen) atoms. The number of halogens is 3. The second-order valence-corrected chi connectivity index (χ2v) is 4.25. The van der Waals surface area contributed by atoms with Crippen LogP contribution >= 0.6 is 0 Å². The minimum absolute atomic E-state index is 0.0209. The van der Waals surface area contributed by atoms with Crippen molar-refractivity contribution >= 4 is 5.84 Å². The first-order valence-electron chi connectivity index (χ1n) is 5.62. The van der Waals surface area contributed by atoms with Gasteiger partial charge in [0.15, 0.2) is 0 Å². The Balaban J connectivity index is 2.93. The molecular formula is C12H16F3N3O. The van der Waals surface area contributed by atoms with Crippen LogP contribution in [-0.2, 0) is 0 Å². The van der Waals surface area contributed by atoms with Crippen LogP contribution in [0, 0.1) is 0 Å². The molecule has 106 valence electrons. The lowest BCUT2D eigenvalue weighted by molar-refractivity contribution is -0.147. The van der Waals surface area contributed by atoms with E-state index in [1.807, 2.05) is 0 Å². The third-order valence-corrected chi connectivity index (χ3v) is 2.68. The van der Waals surface area contributed by atoms with E-state index in [0.717, 1.165) is 4.90 Å². The summed E-state index contributed by atoms with van der Waals surface area (Å²) in [6.45, 7) is -1.06. The van der Waals surface area contributed by atoms with Gasteiger partial charge in [0.05, 0.1) is 6.54 Å². The van der Waals surface area contributed by atoms with Crippen LogP contribution in [0.25, 0.3) is 0 Å². The number of rotatable bonds is 5. The van der Waals surface area contributed by atoms with Gasteiger partial charge < -0.3 is 10.9 Å². The molecule has 7 heteroatoms. The van der Waals surface area contributed by atoms with E-state index in [1.54, 1.807) is 30.3 Å². The minimum atomic E-state index is -4.30. The third kappa shape index (κ3) is 5.17. The van der Waals surface area contributed by atoms with E-state index in [1.165, 1.54) is 7.05 Å². The quantitative estimate of drug-likeness (QED) is 0.375. The van der Waals surface area contributed by atoms with Crippen molar-refractivity contribution in [2.45, 2.75) is 18.6 Å². The SMILES string of the molecule is CN(CC(F)(F)F)C(CC(N)=NO)c1ccccc1. The van der Waals surface area contributed by atoms with Crippen LogP contribution in [0.1, 0.15) is 18.0 Å². The van der Waals surface area contributed by atoms with Crippen LogP contribution in [0.15, 0.2) is 35.5 Å². The van der Waals surface area contributed by atoms with Gasteiger partial charge in [-0.25, -0.2) is 0 Å². The van der Waals surface area contributed by atoms with Crippen molar-refractivity contribution in [1.29, 1.82) is 0 Å². The van der Waals surface area contributed by atoms with Crippen molar-refractivity contribution in [3.05, 3.63) is 35.9 Å². The number of oxime groups is 1. The van der Waals surface area contributed by atoms with E-state index in [4.69, 9.17) is 10.9 Å². The van der Waals surface area contributed by atoms with Crippen molar-refractivity contribution in [1.82, 2.24) is 4.90 Å². The topological polar surface area (TPSA) is 61.8 Å². The standard InChI is InChI=1S/C12H16F3N3O/c1-18(8-12(13,14)15)10(7-11(16)17-19)9-5-3-2-4-6-9/h2-6,10,19H,7-8H2,1H3,(H2,16,17). The zero-order chi connectivity index (χ0) is 14.5. The van der Waals surface area contributed by atoms with E-state index >= 15 is 0 Å². The summed E-state index contributed by atoms with van der Waals surface area (Å²) in [6, 6.07) is 8.06. The molecule has 1 aromatic rings. The average molecular weight is 275 g/mol. The van der Waals surface area contributed by atoms with E-state index < -0.39 is 18.8 Å². The Kier molecular flexibility index (Phi) is 5.17. The fourth-order valence-corrected chi connectivity index (χ4v) is 1.84. The Morgan fingerprint density at radius 3 is 2.42 bits per heavy atom. The Hall–Kier alpha value is -1.76. The highest BCUT2D eigenvalue weighted by Crippen LogP contribution is 2.26. The number of nitrogens with two attached hydrogens (primary N) is 1. The number of hydrogen-bond acceptors (Lipinski definition) is 3. The van der Waals surface area contributed by atoms with Gasteiger partial charge in [-0.15, -0.1) is 0 Å². The normalized spacial score (nSPS) is 14.7. The highest BCUT2D eigenvalue weighted by Gasteiger charge is 2.32. The van der Waals surface area contributed by atoms with Gasteiger partial charge >= 0.3 is 6.18 Å². The molecule has 0 saturated heterocycles. The number of benzene rings is 1. The molecule has 4 nitrogen and oxygen atoms in total. The first-order chi connectivity index (χ1) is 8.83. The van der Waals surface area contributed by atoms with Gasteiger partial charge in [0.1, 0.15) is 5.84 Å². The molecular weight excluding hydrogens is 259 g/mol. The van der Waals surface area contributed by atoms with Gasteiger partial charge in [-0.3, -0.25) is 4.90 Å². The van der Waals surface area contributed by atoms with Crippen LogP contribution in [0.4, 0.5) is 13.2 Å². The highest BCUT2D eigenvalue weighted by atomic mass is 19.4. The molecule has 0 spiro atoms. The highest BCUT2D eigenvalue weighted by molar-refractivity contribution is 5.80. The monoisotopic (exact) mass is 275 g/mol. The molecule has 0 fully saturated rings. The van der Waals surface area contributed by atoms with Gasteiger partial charge in [-0.05, 0) is 12.6 Å². The maximum atomic E-state index is 12.4. The van der Waals surface area contributed by atoms with Crippen LogP contribution in [0.2, 0.25) is 0 Å². The summed E-state index contributed by atoms with van der Waals surface area (Å²) in [5.41, 5.74) is 6.09. The molecule has 0 aliphatic carbocycles. The summed E-state index contributed by atoms with van der Waals surface area (Å²) in [5.74, 6) is -0.108. The lowest BCUT2D eigenvalue weighted by atomic mass is 10.0. The molecule has 1 rings (SSSR count). The number of nitrogens with zero attached hydrogens (tertiary/aromatic N) is 2. The maximum absolute atomic E-state index is 12.4. The van der Waals surface area contributed by atoms with E-state index in [-0.39, 0.29) is 12.3 Å². The lowest BCUT2D eigenvalue weighted by Gasteiger charge is -2.28. The largest absolute Gasteiger partial charge is 0.409 e. The van der Waals surface area contributed by atoms with Crippen molar-refractivity contribution in [3.8, 4) is 0 Å². The van der Waals surface area contributed by atoms with Crippen molar-refractivity contribution in [2.75, 3.05) is 13.6 Å². The van der Waals surface area contributed by atoms with Gasteiger partial charge in [0, 0.05) is 12.5 Å². The Morgan fingerprint density at radius 1 is 1.37 bits per heavy atom. The molecule has 0 heterocycles. The van der Waals surface area contributed by atoms with Gasteiger partial charge in [0.25, 0.3) is 0 Å². The Morgan fingerprint density at radius 2 is 1.95 bits per heavy atom. The lowest BCUT2D eigenvalue weighted by Crippen LogP contribution is -2.36. The maximum Gasteiger partial charge on any atom is 0.401 e. The summed E-state index contributed by atoms with van der Waals surface area (Å²) >= 11 is 0. The molecule has 1 unspecified atom stereocenters. The number of alkyl halides is 3. The molecule has 0 aromatic heterocycles. The molecule has 0 bridgehead atoms. The molecule has 1 aromatic carbocycles. The first kappa shape index (κ1) is 15.3.